The quantitative estimate of drug-likeness (QED) is 0.469. The van der Waals surface area contributed by atoms with Crippen molar-refractivity contribution in [2.75, 3.05) is 24.4 Å². The lowest BCUT2D eigenvalue weighted by atomic mass is 9.98. The normalized spacial score (nSPS) is 11.3. The maximum atomic E-state index is 12.5. The molecular weight excluding hydrogens is 404 g/mol. The van der Waals surface area contributed by atoms with Crippen molar-refractivity contribution >= 4 is 23.2 Å². The van der Waals surface area contributed by atoms with Gasteiger partial charge in [0.25, 0.3) is 11.8 Å². The van der Waals surface area contributed by atoms with Crippen LogP contribution < -0.4 is 20.1 Å². The van der Waals surface area contributed by atoms with E-state index in [2.05, 4.69) is 24.5 Å². The fourth-order valence-electron chi connectivity index (χ4n) is 3.23. The van der Waals surface area contributed by atoms with E-state index in [1.807, 2.05) is 36.4 Å². The van der Waals surface area contributed by atoms with Crippen molar-refractivity contribution in [3.05, 3.63) is 83.9 Å². The van der Waals surface area contributed by atoms with Gasteiger partial charge in [-0.2, -0.15) is 0 Å². The summed E-state index contributed by atoms with van der Waals surface area (Å²) in [4.78, 5) is 24.9. The summed E-state index contributed by atoms with van der Waals surface area (Å²) in [5.41, 5.74) is 2.73. The summed E-state index contributed by atoms with van der Waals surface area (Å²) in [6.45, 7) is 4.16. The van der Waals surface area contributed by atoms with E-state index in [-0.39, 0.29) is 18.4 Å². The van der Waals surface area contributed by atoms with Crippen molar-refractivity contribution in [1.82, 2.24) is 0 Å². The predicted octanol–water partition coefficient (Wildman–Crippen LogP) is 5.48. The second-order valence-corrected chi connectivity index (χ2v) is 7.42. The van der Waals surface area contributed by atoms with Gasteiger partial charge in [-0.1, -0.05) is 44.2 Å². The van der Waals surface area contributed by atoms with Crippen LogP contribution in [0.15, 0.2) is 72.8 Å². The van der Waals surface area contributed by atoms with Gasteiger partial charge in [0.1, 0.15) is 11.5 Å². The molecule has 0 bridgehead atoms. The molecule has 0 radical (unpaired) electrons. The molecule has 2 amide bonds. The van der Waals surface area contributed by atoms with Crippen molar-refractivity contribution in [2.24, 2.45) is 0 Å². The van der Waals surface area contributed by atoms with Crippen LogP contribution in [-0.4, -0.2) is 25.5 Å². The number of carbonyl (C=O) groups excluding carboxylic acids is 2. The van der Waals surface area contributed by atoms with Crippen LogP contribution in [-0.2, 0) is 4.79 Å². The Balaban J connectivity index is 1.56. The summed E-state index contributed by atoms with van der Waals surface area (Å²) in [6, 6.07) is 21.6. The van der Waals surface area contributed by atoms with Gasteiger partial charge in [-0.3, -0.25) is 9.59 Å². The number of hydrogen-bond donors (Lipinski definition) is 2. The molecule has 0 aliphatic carbocycles. The molecule has 0 saturated heterocycles. The fraction of sp³-hybridized carbons (Fsp3) is 0.231. The molecule has 0 heterocycles. The topological polar surface area (TPSA) is 76.7 Å². The fourth-order valence-corrected chi connectivity index (χ4v) is 3.23. The summed E-state index contributed by atoms with van der Waals surface area (Å²) < 4.78 is 11.0. The monoisotopic (exact) mass is 432 g/mol. The summed E-state index contributed by atoms with van der Waals surface area (Å²) in [5.74, 6) is 1.12. The van der Waals surface area contributed by atoms with Gasteiger partial charge in [-0.05, 0) is 60.4 Å². The third kappa shape index (κ3) is 5.88. The van der Waals surface area contributed by atoms with Crippen LogP contribution in [0.25, 0.3) is 0 Å². The Morgan fingerprint density at radius 2 is 1.53 bits per heavy atom. The minimum Gasteiger partial charge on any atom is -0.495 e. The molecule has 2 N–H and O–H groups in total. The van der Waals surface area contributed by atoms with Crippen LogP contribution in [0, 0.1) is 0 Å². The van der Waals surface area contributed by atoms with Crippen LogP contribution in [0.5, 0.6) is 11.5 Å². The maximum absolute atomic E-state index is 12.5. The van der Waals surface area contributed by atoms with Gasteiger partial charge in [0.15, 0.2) is 6.61 Å². The van der Waals surface area contributed by atoms with Crippen LogP contribution in [0.1, 0.15) is 42.1 Å². The zero-order valence-corrected chi connectivity index (χ0v) is 18.6. The first-order chi connectivity index (χ1) is 15.5. The Morgan fingerprint density at radius 3 is 2.22 bits per heavy atom. The third-order valence-corrected chi connectivity index (χ3v) is 5.21. The highest BCUT2D eigenvalue weighted by molar-refractivity contribution is 6.05. The molecule has 0 aliphatic heterocycles. The van der Waals surface area contributed by atoms with E-state index >= 15 is 0 Å². The van der Waals surface area contributed by atoms with Crippen LogP contribution >= 0.6 is 0 Å². The van der Waals surface area contributed by atoms with E-state index in [1.54, 1.807) is 43.5 Å². The summed E-state index contributed by atoms with van der Waals surface area (Å²) in [6.07, 6.45) is 0.990. The van der Waals surface area contributed by atoms with Gasteiger partial charge in [-0.25, -0.2) is 0 Å². The molecular formula is C26H28N2O4. The Morgan fingerprint density at radius 1 is 0.875 bits per heavy atom. The molecule has 1 unspecified atom stereocenters. The standard InChI is InChI=1S/C26H28N2O4/c1-4-18(2)21-9-5-7-11-23(21)32-17-25(29)27-20-15-13-19(14-16-20)26(30)28-22-10-6-8-12-24(22)31-3/h5-16,18H,4,17H2,1-3H3,(H,27,29)(H,28,30). The van der Waals surface area contributed by atoms with Gasteiger partial charge in [-0.15, -0.1) is 0 Å². The molecule has 6 nitrogen and oxygen atoms in total. The Labute approximate surface area is 188 Å². The summed E-state index contributed by atoms with van der Waals surface area (Å²) >= 11 is 0. The van der Waals surface area contributed by atoms with E-state index in [0.29, 0.717) is 28.6 Å². The second kappa shape index (κ2) is 11.0. The third-order valence-electron chi connectivity index (χ3n) is 5.21. The second-order valence-electron chi connectivity index (χ2n) is 7.42. The average Bonchev–Trinajstić information content (AvgIpc) is 2.83. The average molecular weight is 433 g/mol. The number of carbonyl (C=O) groups is 2. The number of benzene rings is 3. The van der Waals surface area contributed by atoms with E-state index in [4.69, 9.17) is 9.47 Å². The van der Waals surface area contributed by atoms with Crippen molar-refractivity contribution in [3.63, 3.8) is 0 Å². The number of amides is 2. The molecule has 0 aliphatic rings. The molecule has 3 aromatic carbocycles. The largest absolute Gasteiger partial charge is 0.495 e. The Bertz CT molecular complexity index is 1060. The van der Waals surface area contributed by atoms with Crippen molar-refractivity contribution in [3.8, 4) is 11.5 Å². The minimum atomic E-state index is -0.268. The highest BCUT2D eigenvalue weighted by Crippen LogP contribution is 2.28. The SMILES string of the molecule is CCC(C)c1ccccc1OCC(=O)Nc1ccc(C(=O)Nc2ccccc2OC)cc1. The van der Waals surface area contributed by atoms with Gasteiger partial charge in [0.2, 0.25) is 0 Å². The molecule has 166 valence electrons. The molecule has 0 spiro atoms. The van der Waals surface area contributed by atoms with E-state index < -0.39 is 0 Å². The summed E-state index contributed by atoms with van der Waals surface area (Å²) in [7, 11) is 1.55. The first-order valence-corrected chi connectivity index (χ1v) is 10.6. The van der Waals surface area contributed by atoms with Gasteiger partial charge >= 0.3 is 0 Å². The van der Waals surface area contributed by atoms with Crippen LogP contribution in [0.3, 0.4) is 0 Å². The zero-order chi connectivity index (χ0) is 22.9. The van der Waals surface area contributed by atoms with E-state index in [1.165, 1.54) is 0 Å². The Kier molecular flexibility index (Phi) is 7.86. The number of para-hydroxylation sites is 3. The number of rotatable bonds is 9. The maximum Gasteiger partial charge on any atom is 0.262 e. The summed E-state index contributed by atoms with van der Waals surface area (Å²) in [5, 5.41) is 5.62. The van der Waals surface area contributed by atoms with Crippen molar-refractivity contribution in [1.29, 1.82) is 0 Å². The van der Waals surface area contributed by atoms with Gasteiger partial charge < -0.3 is 20.1 Å². The molecule has 0 saturated carbocycles. The molecule has 0 fully saturated rings. The minimum absolute atomic E-state index is 0.0938. The zero-order valence-electron chi connectivity index (χ0n) is 18.6. The molecule has 1 atom stereocenters. The smallest absolute Gasteiger partial charge is 0.262 e. The number of ether oxygens (including phenoxy) is 2. The number of anilines is 2. The lowest BCUT2D eigenvalue weighted by Gasteiger charge is -2.15. The highest BCUT2D eigenvalue weighted by atomic mass is 16.5. The molecule has 32 heavy (non-hydrogen) atoms. The van der Waals surface area contributed by atoms with E-state index in [9.17, 15) is 9.59 Å². The predicted molar refractivity (Wildman–Crippen MR) is 127 cm³/mol. The van der Waals surface area contributed by atoms with Crippen molar-refractivity contribution in [2.45, 2.75) is 26.2 Å². The number of nitrogens with one attached hydrogen (secondary N) is 2. The molecule has 3 aromatic rings. The molecule has 3 rings (SSSR count). The van der Waals surface area contributed by atoms with Gasteiger partial charge in [0.05, 0.1) is 12.8 Å². The van der Waals surface area contributed by atoms with Crippen LogP contribution in [0.4, 0.5) is 11.4 Å². The lowest BCUT2D eigenvalue weighted by molar-refractivity contribution is -0.118. The first kappa shape index (κ1) is 22.9. The number of methoxy groups -OCH3 is 1. The molecule has 0 aromatic heterocycles. The van der Waals surface area contributed by atoms with Crippen LogP contribution in [0.2, 0.25) is 0 Å². The van der Waals surface area contributed by atoms with Crippen molar-refractivity contribution < 1.29 is 19.1 Å². The first-order valence-electron chi connectivity index (χ1n) is 10.6. The Hall–Kier alpha value is -3.80. The van der Waals surface area contributed by atoms with Gasteiger partial charge in [0, 0.05) is 11.3 Å². The number of hydrogen-bond acceptors (Lipinski definition) is 4. The highest BCUT2D eigenvalue weighted by Gasteiger charge is 2.12. The lowest BCUT2D eigenvalue weighted by Crippen LogP contribution is -2.20. The molecule has 6 heteroatoms. The van der Waals surface area contributed by atoms with E-state index in [0.717, 1.165) is 17.7 Å².